The lowest BCUT2D eigenvalue weighted by Gasteiger charge is -2.44. The minimum absolute atomic E-state index is 0.0641. The van der Waals surface area contributed by atoms with E-state index in [0.717, 1.165) is 50.3 Å². The van der Waals surface area contributed by atoms with Crippen molar-refractivity contribution in [3.05, 3.63) is 126 Å². The number of ether oxygens (including phenoxy) is 1. The number of fused-ring (bicyclic) bond motifs is 15. The second-order valence-corrected chi connectivity index (χ2v) is 13.6. The van der Waals surface area contributed by atoms with Crippen molar-refractivity contribution in [3.8, 4) is 33.8 Å². The summed E-state index contributed by atoms with van der Waals surface area (Å²) >= 11 is 0. The Bertz CT molecular complexity index is 2730. The molecular weight excluding hydrogens is 563 g/mol. The molecule has 4 aliphatic rings. The quantitative estimate of drug-likeness (QED) is 0.165. The second-order valence-electron chi connectivity index (χ2n) is 13.6. The molecule has 0 unspecified atom stereocenters. The monoisotopic (exact) mass is 588 g/mol. The van der Waals surface area contributed by atoms with Gasteiger partial charge in [0, 0.05) is 33.0 Å². The zero-order valence-corrected chi connectivity index (χ0v) is 25.3. The molecule has 8 aromatic rings. The van der Waals surface area contributed by atoms with Crippen LogP contribution in [0.4, 0.5) is 17.1 Å². The van der Waals surface area contributed by atoms with Gasteiger partial charge in [0.2, 0.25) is 0 Å². The maximum Gasteiger partial charge on any atom is 0.333 e. The normalized spacial score (nSPS) is 15.4. The number of para-hydroxylation sites is 5. The number of benzene rings is 6. The number of rotatable bonds is 0. The standard InChI is InChI=1S/C41H25BN2O2/c1-41(2)27-15-5-3-11-22(27)26-21-30-36-34(35(26)41)24-13-9-14-25-37(24)44(38-23-12-4-7-18-31(23)46-40(25)38)42(36)28-16-10-20-33-39(28)43(30)29-17-6-8-19-32(29)45-33/h3-21H,1-2H3. The summed E-state index contributed by atoms with van der Waals surface area (Å²) in [6.45, 7) is 4.74. The van der Waals surface area contributed by atoms with Gasteiger partial charge in [-0.1, -0.05) is 86.6 Å². The van der Waals surface area contributed by atoms with E-state index in [-0.39, 0.29) is 12.3 Å². The van der Waals surface area contributed by atoms with E-state index in [0.29, 0.717) is 0 Å². The van der Waals surface area contributed by atoms with Crippen LogP contribution in [0.1, 0.15) is 25.0 Å². The fourth-order valence-electron chi connectivity index (χ4n) is 9.42. The third-order valence-electron chi connectivity index (χ3n) is 11.1. The molecule has 5 heterocycles. The van der Waals surface area contributed by atoms with Crippen LogP contribution in [0.15, 0.2) is 120 Å². The molecule has 0 atom stereocenters. The Hall–Kier alpha value is -5.68. The predicted octanol–water partition coefficient (Wildman–Crippen LogP) is 9.37. The summed E-state index contributed by atoms with van der Waals surface area (Å²) in [7, 11) is 0. The van der Waals surface area contributed by atoms with Crippen molar-refractivity contribution in [1.82, 2.24) is 4.48 Å². The molecule has 46 heavy (non-hydrogen) atoms. The molecule has 0 fully saturated rings. The Labute approximate surface area is 265 Å². The predicted molar refractivity (Wildman–Crippen MR) is 187 cm³/mol. The van der Waals surface area contributed by atoms with E-state index in [2.05, 4.69) is 138 Å². The van der Waals surface area contributed by atoms with Crippen LogP contribution in [0.2, 0.25) is 0 Å². The molecule has 0 N–H and O–H groups in total. The van der Waals surface area contributed by atoms with Crippen molar-refractivity contribution in [3.63, 3.8) is 0 Å². The summed E-state index contributed by atoms with van der Waals surface area (Å²) in [4.78, 5) is 2.48. The van der Waals surface area contributed by atoms with Gasteiger partial charge < -0.3 is 18.5 Å². The molecule has 0 radical (unpaired) electrons. The molecule has 214 valence electrons. The van der Waals surface area contributed by atoms with Crippen molar-refractivity contribution >= 4 is 67.8 Å². The largest absolute Gasteiger partial charge is 0.454 e. The molecule has 12 rings (SSSR count). The van der Waals surface area contributed by atoms with E-state index in [1.165, 1.54) is 55.5 Å². The molecule has 1 aliphatic carbocycles. The van der Waals surface area contributed by atoms with Gasteiger partial charge in [-0.15, -0.1) is 0 Å². The summed E-state index contributed by atoms with van der Waals surface area (Å²) in [5.41, 5.74) is 18.2. The molecule has 0 saturated carbocycles. The van der Waals surface area contributed by atoms with E-state index in [1.54, 1.807) is 0 Å². The Morgan fingerprint density at radius 2 is 1.41 bits per heavy atom. The van der Waals surface area contributed by atoms with Crippen molar-refractivity contribution in [1.29, 1.82) is 0 Å². The first-order valence-corrected chi connectivity index (χ1v) is 16.1. The van der Waals surface area contributed by atoms with E-state index >= 15 is 0 Å². The molecule has 0 bridgehead atoms. The van der Waals surface area contributed by atoms with E-state index in [4.69, 9.17) is 9.15 Å². The number of nitrogens with zero attached hydrogens (tertiary/aromatic N) is 2. The third-order valence-corrected chi connectivity index (χ3v) is 11.1. The SMILES string of the molecule is CC1(C)c2ccccc2-c2cc3c4c(c21)-c1cccc2c5oc6ccccc6c5n(c12)B4c1cccc2c1N3c1ccccc1O2. The molecule has 6 aromatic carbocycles. The average molecular weight is 588 g/mol. The van der Waals surface area contributed by atoms with Crippen LogP contribution >= 0.6 is 0 Å². The number of aromatic nitrogens is 1. The molecule has 4 nitrogen and oxygen atoms in total. The Morgan fingerprint density at radius 3 is 2.37 bits per heavy atom. The van der Waals surface area contributed by atoms with Crippen molar-refractivity contribution < 1.29 is 9.15 Å². The molecule has 0 saturated heterocycles. The lowest BCUT2D eigenvalue weighted by Crippen LogP contribution is -2.57. The number of furan rings is 1. The van der Waals surface area contributed by atoms with Crippen LogP contribution in [-0.4, -0.2) is 11.3 Å². The number of hydrogen-bond donors (Lipinski definition) is 0. The van der Waals surface area contributed by atoms with Gasteiger partial charge >= 0.3 is 6.85 Å². The Kier molecular flexibility index (Phi) is 3.90. The van der Waals surface area contributed by atoms with Crippen LogP contribution in [-0.2, 0) is 5.41 Å². The highest BCUT2D eigenvalue weighted by Gasteiger charge is 2.50. The fourth-order valence-corrected chi connectivity index (χ4v) is 9.42. The first-order valence-electron chi connectivity index (χ1n) is 16.1. The van der Waals surface area contributed by atoms with Crippen LogP contribution in [0.5, 0.6) is 11.5 Å². The number of anilines is 3. The zero-order chi connectivity index (χ0) is 30.1. The first kappa shape index (κ1) is 23.7. The van der Waals surface area contributed by atoms with Crippen molar-refractivity contribution in [2.45, 2.75) is 19.3 Å². The molecule has 2 aromatic heterocycles. The molecule has 0 amide bonds. The lowest BCUT2D eigenvalue weighted by atomic mass is 9.44. The smallest absolute Gasteiger partial charge is 0.333 e. The highest BCUT2D eigenvalue weighted by atomic mass is 16.5. The zero-order valence-electron chi connectivity index (χ0n) is 25.3. The van der Waals surface area contributed by atoms with Gasteiger partial charge in [-0.2, -0.15) is 0 Å². The van der Waals surface area contributed by atoms with Gasteiger partial charge in [-0.25, -0.2) is 0 Å². The molecule has 5 heteroatoms. The van der Waals surface area contributed by atoms with Crippen molar-refractivity contribution in [2.75, 3.05) is 4.90 Å². The van der Waals surface area contributed by atoms with Crippen LogP contribution in [0.3, 0.4) is 0 Å². The van der Waals surface area contributed by atoms with Gasteiger partial charge in [0.15, 0.2) is 17.1 Å². The summed E-state index contributed by atoms with van der Waals surface area (Å²) in [5.74, 6) is 1.77. The van der Waals surface area contributed by atoms with Gasteiger partial charge in [-0.3, -0.25) is 0 Å². The molecule has 3 aliphatic heterocycles. The molecule has 0 spiro atoms. The number of hydrogen-bond acceptors (Lipinski definition) is 3. The maximum atomic E-state index is 6.71. The topological polar surface area (TPSA) is 30.5 Å². The summed E-state index contributed by atoms with van der Waals surface area (Å²) < 4.78 is 16.0. The maximum absolute atomic E-state index is 6.71. The fraction of sp³-hybridized carbons (Fsp3) is 0.0732. The van der Waals surface area contributed by atoms with Gasteiger partial charge in [0.25, 0.3) is 0 Å². The minimum Gasteiger partial charge on any atom is -0.454 e. The van der Waals surface area contributed by atoms with E-state index in [9.17, 15) is 0 Å². The van der Waals surface area contributed by atoms with Gasteiger partial charge in [0.1, 0.15) is 5.58 Å². The van der Waals surface area contributed by atoms with Gasteiger partial charge in [0.05, 0.1) is 16.9 Å². The first-order chi connectivity index (χ1) is 22.6. The molecular formula is C41H25BN2O2. The summed E-state index contributed by atoms with van der Waals surface area (Å²) in [6, 6.07) is 41.8. The van der Waals surface area contributed by atoms with Crippen molar-refractivity contribution in [2.24, 2.45) is 0 Å². The Balaban J connectivity index is 1.35. The minimum atomic E-state index is -0.172. The summed E-state index contributed by atoms with van der Waals surface area (Å²) in [6.07, 6.45) is 0. The Morgan fingerprint density at radius 1 is 0.652 bits per heavy atom. The summed E-state index contributed by atoms with van der Waals surface area (Å²) in [5, 5.41) is 2.31. The second kappa shape index (κ2) is 7.57. The van der Waals surface area contributed by atoms with E-state index in [1.807, 2.05) is 0 Å². The van der Waals surface area contributed by atoms with Crippen LogP contribution < -0.4 is 20.6 Å². The third kappa shape index (κ3) is 2.46. The van der Waals surface area contributed by atoms with Gasteiger partial charge in [-0.05, 0) is 81.2 Å². The lowest BCUT2D eigenvalue weighted by molar-refractivity contribution is 0.477. The highest BCUT2D eigenvalue weighted by Crippen LogP contribution is 2.59. The van der Waals surface area contributed by atoms with Crippen LogP contribution in [0, 0.1) is 0 Å². The van der Waals surface area contributed by atoms with E-state index < -0.39 is 0 Å². The van der Waals surface area contributed by atoms with Crippen LogP contribution in [0.25, 0.3) is 55.2 Å². The average Bonchev–Trinajstić information content (AvgIpc) is 3.70. The highest BCUT2D eigenvalue weighted by molar-refractivity contribution is 6.90.